The second kappa shape index (κ2) is 6.99. The van der Waals surface area contributed by atoms with Gasteiger partial charge in [0.2, 0.25) is 0 Å². The Kier molecular flexibility index (Phi) is 6.19. The van der Waals surface area contributed by atoms with Crippen LogP contribution in [0.25, 0.3) is 0 Å². The lowest BCUT2D eigenvalue weighted by Gasteiger charge is -2.34. The zero-order valence-corrected chi connectivity index (χ0v) is 12.9. The molecule has 19 heavy (non-hydrogen) atoms. The first kappa shape index (κ1) is 16.8. The number of aliphatic hydroxyl groups is 1. The Balaban J connectivity index is 2.64. The summed E-state index contributed by atoms with van der Waals surface area (Å²) in [5.41, 5.74) is -0.535. The van der Waals surface area contributed by atoms with Gasteiger partial charge in [0.25, 0.3) is 10.2 Å². The lowest BCUT2D eigenvalue weighted by Crippen LogP contribution is -2.53. The highest BCUT2D eigenvalue weighted by Crippen LogP contribution is 2.19. The second-order valence-corrected chi connectivity index (χ2v) is 7.17. The van der Waals surface area contributed by atoms with E-state index in [2.05, 4.69) is 4.72 Å². The van der Waals surface area contributed by atoms with Gasteiger partial charge in [-0.25, -0.2) is 0 Å². The maximum absolute atomic E-state index is 12.3. The van der Waals surface area contributed by atoms with Crippen LogP contribution in [0.5, 0.6) is 0 Å². The van der Waals surface area contributed by atoms with Gasteiger partial charge in [0.1, 0.15) is 0 Å². The molecule has 0 amide bonds. The molecule has 1 saturated heterocycles. The summed E-state index contributed by atoms with van der Waals surface area (Å²) >= 11 is 0. The van der Waals surface area contributed by atoms with Gasteiger partial charge in [-0.1, -0.05) is 6.42 Å². The molecule has 1 aliphatic rings. The van der Waals surface area contributed by atoms with E-state index in [-0.39, 0.29) is 19.2 Å². The molecule has 0 aromatic carbocycles. The third-order valence-corrected chi connectivity index (χ3v) is 4.92. The molecule has 0 aromatic heterocycles. The number of nitrogens with zero attached hydrogens (tertiary/aromatic N) is 1. The first-order valence-electron chi connectivity index (χ1n) is 6.83. The molecule has 1 fully saturated rings. The van der Waals surface area contributed by atoms with Gasteiger partial charge in [-0.15, -0.1) is 0 Å². The van der Waals surface area contributed by atoms with Crippen molar-refractivity contribution in [2.45, 2.75) is 51.7 Å². The van der Waals surface area contributed by atoms with Crippen LogP contribution in [0.4, 0.5) is 0 Å². The highest BCUT2D eigenvalue weighted by Gasteiger charge is 2.33. The quantitative estimate of drug-likeness (QED) is 0.716. The van der Waals surface area contributed by atoms with Gasteiger partial charge in [-0.05, 0) is 33.6 Å². The van der Waals surface area contributed by atoms with Crippen LogP contribution in [0.3, 0.4) is 0 Å². The normalized spacial score (nSPS) is 22.6. The number of hydrogen-bond donors (Lipinski definition) is 2. The summed E-state index contributed by atoms with van der Waals surface area (Å²) in [4.78, 5) is 0. The molecule has 114 valence electrons. The molecule has 0 aromatic rings. The molecule has 1 rings (SSSR count). The minimum absolute atomic E-state index is 0.129. The summed E-state index contributed by atoms with van der Waals surface area (Å²) in [6.45, 7) is 6.67. The smallest absolute Gasteiger partial charge is 0.279 e. The average Bonchev–Trinajstić information content (AvgIpc) is 2.37. The van der Waals surface area contributed by atoms with E-state index in [1.807, 2.05) is 20.8 Å². The van der Waals surface area contributed by atoms with Crippen LogP contribution in [-0.4, -0.2) is 55.8 Å². The van der Waals surface area contributed by atoms with Crippen LogP contribution in [0.1, 0.15) is 40.0 Å². The predicted molar refractivity (Wildman–Crippen MR) is 74.1 cm³/mol. The monoisotopic (exact) mass is 294 g/mol. The first-order chi connectivity index (χ1) is 8.82. The fourth-order valence-electron chi connectivity index (χ4n) is 2.26. The van der Waals surface area contributed by atoms with Crippen LogP contribution < -0.4 is 4.72 Å². The third kappa shape index (κ3) is 5.00. The molecule has 0 bridgehead atoms. The summed E-state index contributed by atoms with van der Waals surface area (Å²) in [5.74, 6) is 0. The summed E-state index contributed by atoms with van der Waals surface area (Å²) < 4.78 is 33.9. The molecule has 0 radical (unpaired) electrons. The summed E-state index contributed by atoms with van der Waals surface area (Å²) in [7, 11) is -3.55. The SMILES string of the molecule is CCOC(C)(C)CNS(=O)(=O)N1CCCCC1CO. The van der Waals surface area contributed by atoms with Crippen LogP contribution in [0.15, 0.2) is 0 Å². The van der Waals surface area contributed by atoms with Gasteiger partial charge in [0.05, 0.1) is 12.2 Å². The molecule has 1 heterocycles. The lowest BCUT2D eigenvalue weighted by molar-refractivity contribution is -0.00556. The van der Waals surface area contributed by atoms with Gasteiger partial charge in [0, 0.05) is 25.7 Å². The zero-order chi connectivity index (χ0) is 14.5. The van der Waals surface area contributed by atoms with Crippen LogP contribution in [0, 0.1) is 0 Å². The molecule has 7 heteroatoms. The van der Waals surface area contributed by atoms with Crippen molar-refractivity contribution in [3.8, 4) is 0 Å². The summed E-state index contributed by atoms with van der Waals surface area (Å²) in [6, 6.07) is -0.304. The van der Waals surface area contributed by atoms with E-state index in [1.54, 1.807) is 0 Å². The highest BCUT2D eigenvalue weighted by atomic mass is 32.2. The highest BCUT2D eigenvalue weighted by molar-refractivity contribution is 7.87. The summed E-state index contributed by atoms with van der Waals surface area (Å²) in [6.07, 6.45) is 2.51. The number of aliphatic hydroxyl groups excluding tert-OH is 1. The Morgan fingerprint density at radius 3 is 2.68 bits per heavy atom. The second-order valence-electron chi connectivity index (χ2n) is 5.46. The largest absolute Gasteiger partial charge is 0.395 e. The van der Waals surface area contributed by atoms with Crippen LogP contribution in [0.2, 0.25) is 0 Å². The fourth-order valence-corrected chi connectivity index (χ4v) is 3.89. The van der Waals surface area contributed by atoms with Crippen molar-refractivity contribution in [1.29, 1.82) is 0 Å². The minimum Gasteiger partial charge on any atom is -0.395 e. The van der Waals surface area contributed by atoms with Gasteiger partial charge >= 0.3 is 0 Å². The number of ether oxygens (including phenoxy) is 1. The van der Waals surface area contributed by atoms with Gasteiger partial charge in [-0.2, -0.15) is 17.4 Å². The molecular formula is C12H26N2O4S. The third-order valence-electron chi connectivity index (χ3n) is 3.31. The minimum atomic E-state index is -3.55. The molecule has 0 aliphatic carbocycles. The Labute approximate surface area is 116 Å². The van der Waals surface area contributed by atoms with E-state index in [0.29, 0.717) is 19.6 Å². The Bertz CT molecular complexity index is 370. The Morgan fingerprint density at radius 1 is 1.42 bits per heavy atom. The van der Waals surface area contributed by atoms with E-state index in [9.17, 15) is 13.5 Å². The maximum atomic E-state index is 12.3. The lowest BCUT2D eigenvalue weighted by atomic mass is 10.1. The molecule has 1 unspecified atom stereocenters. The molecule has 0 saturated carbocycles. The predicted octanol–water partition coefficient (Wildman–Crippen LogP) is 0.483. The van der Waals surface area contributed by atoms with Gasteiger partial charge in [-0.3, -0.25) is 0 Å². The molecule has 2 N–H and O–H groups in total. The van der Waals surface area contributed by atoms with E-state index in [1.165, 1.54) is 4.31 Å². The van der Waals surface area contributed by atoms with Crippen LogP contribution in [-0.2, 0) is 14.9 Å². The van der Waals surface area contributed by atoms with Crippen LogP contribution >= 0.6 is 0 Å². The van der Waals surface area contributed by atoms with Gasteiger partial charge < -0.3 is 9.84 Å². The van der Waals surface area contributed by atoms with Gasteiger partial charge in [0.15, 0.2) is 0 Å². The molecule has 1 aliphatic heterocycles. The number of nitrogens with one attached hydrogen (secondary N) is 1. The number of piperidine rings is 1. The molecular weight excluding hydrogens is 268 g/mol. The Morgan fingerprint density at radius 2 is 2.11 bits per heavy atom. The molecule has 6 nitrogen and oxygen atoms in total. The fraction of sp³-hybridized carbons (Fsp3) is 1.00. The average molecular weight is 294 g/mol. The van der Waals surface area contributed by atoms with Crippen molar-refractivity contribution in [1.82, 2.24) is 9.03 Å². The molecule has 0 spiro atoms. The van der Waals surface area contributed by atoms with Crippen molar-refractivity contribution < 1.29 is 18.3 Å². The summed E-state index contributed by atoms with van der Waals surface area (Å²) in [5, 5.41) is 9.28. The first-order valence-corrected chi connectivity index (χ1v) is 8.27. The van der Waals surface area contributed by atoms with Crippen molar-refractivity contribution in [3.05, 3.63) is 0 Å². The number of rotatable bonds is 7. The van der Waals surface area contributed by atoms with Crippen molar-refractivity contribution in [2.24, 2.45) is 0 Å². The molecule has 1 atom stereocenters. The number of hydrogen-bond acceptors (Lipinski definition) is 4. The van der Waals surface area contributed by atoms with Crippen molar-refractivity contribution >= 4 is 10.2 Å². The zero-order valence-electron chi connectivity index (χ0n) is 12.1. The standard InChI is InChI=1S/C12H26N2O4S/c1-4-18-12(2,3)10-13-19(16,17)14-8-6-5-7-11(14)9-15/h11,13,15H,4-10H2,1-3H3. The van der Waals surface area contributed by atoms with E-state index >= 15 is 0 Å². The van der Waals surface area contributed by atoms with Crippen molar-refractivity contribution in [2.75, 3.05) is 26.3 Å². The van der Waals surface area contributed by atoms with E-state index < -0.39 is 15.8 Å². The van der Waals surface area contributed by atoms with E-state index in [0.717, 1.165) is 12.8 Å². The topological polar surface area (TPSA) is 78.9 Å². The van der Waals surface area contributed by atoms with Crippen molar-refractivity contribution in [3.63, 3.8) is 0 Å². The van der Waals surface area contributed by atoms with E-state index in [4.69, 9.17) is 4.74 Å². The Hall–Kier alpha value is -0.210. The maximum Gasteiger partial charge on any atom is 0.279 e.